The lowest BCUT2D eigenvalue weighted by Gasteiger charge is -2.36. The fourth-order valence-electron chi connectivity index (χ4n) is 4.17. The molecule has 1 saturated heterocycles. The molecule has 0 saturated carbocycles. The van der Waals surface area contributed by atoms with E-state index in [-0.39, 0.29) is 25.0 Å². The van der Waals surface area contributed by atoms with Crippen LogP contribution in [0.5, 0.6) is 0 Å². The van der Waals surface area contributed by atoms with Crippen LogP contribution in [0.1, 0.15) is 24.5 Å². The van der Waals surface area contributed by atoms with Crippen LogP contribution in [0.4, 0.5) is 4.79 Å². The maximum Gasteiger partial charge on any atom is 0.410 e. The number of nitrogens with zero attached hydrogens (tertiary/aromatic N) is 1. The highest BCUT2D eigenvalue weighted by Crippen LogP contribution is 2.30. The van der Waals surface area contributed by atoms with Crippen molar-refractivity contribution in [1.29, 1.82) is 0 Å². The second-order valence-corrected chi connectivity index (χ2v) is 7.84. The van der Waals surface area contributed by atoms with Crippen LogP contribution >= 0.6 is 0 Å². The van der Waals surface area contributed by atoms with Crippen LogP contribution in [0.3, 0.4) is 0 Å². The van der Waals surface area contributed by atoms with E-state index in [1.807, 2.05) is 67.6 Å². The average Bonchev–Trinajstić information content (AvgIpc) is 3.11. The Morgan fingerprint density at radius 1 is 1.13 bits per heavy atom. The quantitative estimate of drug-likeness (QED) is 0.607. The molecular formula is C24H27NO5. The van der Waals surface area contributed by atoms with E-state index in [0.29, 0.717) is 12.8 Å². The number of ether oxygens (including phenoxy) is 1. The molecule has 0 radical (unpaired) electrons. The van der Waals surface area contributed by atoms with E-state index in [0.717, 1.165) is 17.4 Å². The van der Waals surface area contributed by atoms with Gasteiger partial charge in [-0.2, -0.15) is 0 Å². The van der Waals surface area contributed by atoms with Crippen molar-refractivity contribution in [2.75, 3.05) is 6.61 Å². The first-order chi connectivity index (χ1) is 14.5. The maximum atomic E-state index is 12.6. The Labute approximate surface area is 176 Å². The number of aldehydes is 1. The molecule has 2 aromatic carbocycles. The van der Waals surface area contributed by atoms with Gasteiger partial charge in [-0.25, -0.2) is 4.79 Å². The van der Waals surface area contributed by atoms with Crippen LogP contribution < -0.4 is 0 Å². The average molecular weight is 409 g/mol. The largest absolute Gasteiger partial charge is 0.481 e. The molecule has 1 N–H and O–H groups in total. The Morgan fingerprint density at radius 3 is 2.30 bits per heavy atom. The van der Waals surface area contributed by atoms with E-state index < -0.39 is 24.0 Å². The molecule has 1 fully saturated rings. The molecule has 0 bridgehead atoms. The van der Waals surface area contributed by atoms with Crippen LogP contribution in [0.15, 0.2) is 60.7 Å². The summed E-state index contributed by atoms with van der Waals surface area (Å²) in [5.74, 6) is -1.76. The molecule has 1 aliphatic heterocycles. The molecular weight excluding hydrogens is 382 g/mol. The second kappa shape index (κ2) is 10.1. The molecule has 0 aromatic heterocycles. The number of hydrogen-bond acceptors (Lipinski definition) is 4. The molecule has 4 unspecified atom stereocenters. The van der Waals surface area contributed by atoms with Gasteiger partial charge in [-0.3, -0.25) is 9.69 Å². The predicted octanol–water partition coefficient (Wildman–Crippen LogP) is 3.59. The van der Waals surface area contributed by atoms with Gasteiger partial charge in [-0.1, -0.05) is 67.6 Å². The molecule has 6 nitrogen and oxygen atoms in total. The van der Waals surface area contributed by atoms with E-state index in [9.17, 15) is 19.5 Å². The summed E-state index contributed by atoms with van der Waals surface area (Å²) in [5.41, 5.74) is 2.05. The topological polar surface area (TPSA) is 83.9 Å². The number of carboxylic acid groups (broad SMARTS) is 1. The van der Waals surface area contributed by atoms with E-state index in [1.165, 1.54) is 0 Å². The Kier molecular flexibility index (Phi) is 7.22. The van der Waals surface area contributed by atoms with Crippen molar-refractivity contribution in [3.05, 3.63) is 71.8 Å². The first-order valence-electron chi connectivity index (χ1n) is 10.2. The summed E-state index contributed by atoms with van der Waals surface area (Å²) in [6, 6.07) is 18.4. The molecule has 0 spiro atoms. The first-order valence-corrected chi connectivity index (χ1v) is 10.2. The predicted molar refractivity (Wildman–Crippen MR) is 112 cm³/mol. The zero-order chi connectivity index (χ0) is 21.5. The van der Waals surface area contributed by atoms with Crippen LogP contribution in [0, 0.1) is 11.8 Å². The number of benzene rings is 2. The molecule has 0 aliphatic carbocycles. The van der Waals surface area contributed by atoms with Crippen molar-refractivity contribution < 1.29 is 24.2 Å². The fourth-order valence-corrected chi connectivity index (χ4v) is 4.17. The minimum Gasteiger partial charge on any atom is -0.481 e. The molecule has 30 heavy (non-hydrogen) atoms. The van der Waals surface area contributed by atoms with Crippen LogP contribution in [-0.4, -0.2) is 47.0 Å². The monoisotopic (exact) mass is 409 g/mol. The highest BCUT2D eigenvalue weighted by atomic mass is 16.6. The van der Waals surface area contributed by atoms with Crippen molar-refractivity contribution in [3.63, 3.8) is 0 Å². The normalized spacial score (nSPS) is 19.0. The Balaban J connectivity index is 1.84. The van der Waals surface area contributed by atoms with E-state index in [4.69, 9.17) is 4.74 Å². The first kappa shape index (κ1) is 21.6. The fraction of sp³-hybridized carbons (Fsp3) is 0.375. The molecule has 1 amide bonds. The van der Waals surface area contributed by atoms with Gasteiger partial charge in [-0.05, 0) is 29.9 Å². The summed E-state index contributed by atoms with van der Waals surface area (Å²) in [5, 5.41) is 9.53. The number of carbonyl (C=O) groups excluding carboxylic acids is 2. The summed E-state index contributed by atoms with van der Waals surface area (Å²) in [4.78, 5) is 37.7. The van der Waals surface area contributed by atoms with Crippen molar-refractivity contribution in [3.8, 4) is 0 Å². The minimum absolute atomic E-state index is 0.209. The van der Waals surface area contributed by atoms with Crippen molar-refractivity contribution in [2.24, 2.45) is 11.8 Å². The number of hydrogen-bond donors (Lipinski definition) is 1. The van der Waals surface area contributed by atoms with Crippen molar-refractivity contribution in [2.45, 2.75) is 38.3 Å². The van der Waals surface area contributed by atoms with E-state index in [2.05, 4.69) is 0 Å². The third-order valence-electron chi connectivity index (χ3n) is 5.83. The number of carbonyl (C=O) groups is 3. The molecule has 1 heterocycles. The number of rotatable bonds is 10. The maximum absolute atomic E-state index is 12.6. The van der Waals surface area contributed by atoms with Gasteiger partial charge in [0.15, 0.2) is 0 Å². The summed E-state index contributed by atoms with van der Waals surface area (Å²) in [6.07, 6.45) is 1.19. The number of aliphatic carboxylic acids is 1. The van der Waals surface area contributed by atoms with Gasteiger partial charge in [0.2, 0.25) is 0 Å². The Hall–Kier alpha value is -3.15. The van der Waals surface area contributed by atoms with Gasteiger partial charge in [0.25, 0.3) is 0 Å². The second-order valence-electron chi connectivity index (χ2n) is 7.84. The lowest BCUT2D eigenvalue weighted by Crippen LogP contribution is -2.49. The van der Waals surface area contributed by atoms with Gasteiger partial charge in [0.1, 0.15) is 12.9 Å². The van der Waals surface area contributed by atoms with Crippen LogP contribution in [0.2, 0.25) is 0 Å². The molecule has 2 aromatic rings. The summed E-state index contributed by atoms with van der Waals surface area (Å²) in [7, 11) is 0. The van der Waals surface area contributed by atoms with Crippen molar-refractivity contribution in [1.82, 2.24) is 4.90 Å². The molecule has 4 atom stereocenters. The standard InChI is InChI=1S/C24H27NO5/c1-17(20(15-26)12-18-8-4-2-5-9-18)22(14-23(27)28)25-21(16-30-24(25)29)13-19-10-6-3-7-11-19/h2-11,15,17,20-22H,12-14,16H2,1H3,(H,27,28). The molecule has 158 valence electrons. The van der Waals surface area contributed by atoms with Crippen LogP contribution in [-0.2, 0) is 27.2 Å². The number of cyclic esters (lactones) is 1. The summed E-state index contributed by atoms with van der Waals surface area (Å²) < 4.78 is 5.30. The van der Waals surface area contributed by atoms with Gasteiger partial charge >= 0.3 is 12.1 Å². The smallest absolute Gasteiger partial charge is 0.410 e. The summed E-state index contributed by atoms with van der Waals surface area (Å²) in [6.45, 7) is 2.06. The minimum atomic E-state index is -1.01. The van der Waals surface area contributed by atoms with E-state index >= 15 is 0 Å². The molecule has 3 rings (SSSR count). The molecule has 6 heteroatoms. The van der Waals surface area contributed by atoms with Gasteiger partial charge in [0, 0.05) is 12.0 Å². The third-order valence-corrected chi connectivity index (χ3v) is 5.83. The Morgan fingerprint density at radius 2 is 1.73 bits per heavy atom. The zero-order valence-electron chi connectivity index (χ0n) is 17.0. The third kappa shape index (κ3) is 5.26. The summed E-state index contributed by atoms with van der Waals surface area (Å²) >= 11 is 0. The SMILES string of the molecule is CC(C(C=O)Cc1ccccc1)C(CC(=O)O)N1C(=O)OCC1Cc1ccccc1. The molecule has 1 aliphatic rings. The van der Waals surface area contributed by atoms with Gasteiger partial charge in [-0.15, -0.1) is 0 Å². The number of amides is 1. The highest BCUT2D eigenvalue weighted by molar-refractivity contribution is 5.73. The zero-order valence-corrected chi connectivity index (χ0v) is 17.0. The van der Waals surface area contributed by atoms with Crippen molar-refractivity contribution >= 4 is 18.3 Å². The Bertz CT molecular complexity index is 854. The highest BCUT2D eigenvalue weighted by Gasteiger charge is 2.43. The number of carboxylic acids is 1. The van der Waals surface area contributed by atoms with E-state index in [1.54, 1.807) is 4.90 Å². The van der Waals surface area contributed by atoms with Crippen LogP contribution in [0.25, 0.3) is 0 Å². The lowest BCUT2D eigenvalue weighted by atomic mass is 9.81. The lowest BCUT2D eigenvalue weighted by molar-refractivity contribution is -0.139. The van der Waals surface area contributed by atoms with Gasteiger partial charge < -0.3 is 14.6 Å². The van der Waals surface area contributed by atoms with Gasteiger partial charge in [0.05, 0.1) is 12.5 Å².